The van der Waals surface area contributed by atoms with Gasteiger partial charge in [-0.2, -0.15) is 0 Å². The highest BCUT2D eigenvalue weighted by atomic mass is 32.2. The second kappa shape index (κ2) is 13.3. The molecule has 1 N–H and O–H groups in total. The number of fused-ring (bicyclic) bond motifs is 1. The summed E-state index contributed by atoms with van der Waals surface area (Å²) in [4.78, 5) is 48.5. The summed E-state index contributed by atoms with van der Waals surface area (Å²) in [5.41, 5.74) is 2.03. The topological polar surface area (TPSA) is 81.2 Å². The monoisotopic (exact) mass is 587 g/mol. The van der Waals surface area contributed by atoms with Gasteiger partial charge in [-0.05, 0) is 36.8 Å². The van der Waals surface area contributed by atoms with Crippen molar-refractivity contribution in [3.8, 4) is 0 Å². The number of aliphatic hydroxyl groups is 1. The van der Waals surface area contributed by atoms with Crippen molar-refractivity contribution in [3.63, 3.8) is 0 Å². The maximum Gasteiger partial charge on any atom is 0.247 e. The average molecular weight is 588 g/mol. The largest absolute Gasteiger partial charge is 0.396 e. The maximum atomic E-state index is 14.5. The third-order valence-corrected chi connectivity index (χ3v) is 10.8. The molecule has 2 aromatic rings. The van der Waals surface area contributed by atoms with E-state index in [1.807, 2.05) is 60.7 Å². The van der Waals surface area contributed by atoms with Crippen LogP contribution < -0.4 is 0 Å². The predicted octanol–water partition coefficient (Wildman–Crippen LogP) is 4.28. The van der Waals surface area contributed by atoms with E-state index in [2.05, 4.69) is 13.2 Å². The maximum absolute atomic E-state index is 14.5. The fraction of sp³-hybridized carbons (Fsp3) is 0.441. The molecule has 3 aliphatic rings. The molecule has 5 rings (SSSR count). The first-order valence-corrected chi connectivity index (χ1v) is 15.8. The Labute approximate surface area is 253 Å². The number of likely N-dealkylation sites (tertiary alicyclic amines) is 1. The van der Waals surface area contributed by atoms with Crippen LogP contribution >= 0.6 is 11.8 Å². The van der Waals surface area contributed by atoms with Crippen LogP contribution in [0.4, 0.5) is 0 Å². The van der Waals surface area contributed by atoms with Crippen LogP contribution in [0.25, 0.3) is 0 Å². The van der Waals surface area contributed by atoms with Gasteiger partial charge in [-0.1, -0.05) is 72.8 Å². The molecule has 0 aromatic heterocycles. The number of amides is 3. The number of hydrogen-bond donors (Lipinski definition) is 1. The van der Waals surface area contributed by atoms with Gasteiger partial charge < -0.3 is 19.8 Å². The second-order valence-electron chi connectivity index (χ2n) is 11.5. The quantitative estimate of drug-likeness (QED) is 0.264. The number of unbranched alkanes of at least 4 members (excludes halogenated alkanes) is 1. The SMILES string of the molecule is C=CCN(Cc1ccccc1)C(=O)C1N(CCCCO)C(=O)[C@@H]2[C@H](C(=O)N(CC=C)Cc3ccccc3)[C@@H]3CCC12S3. The lowest BCUT2D eigenvalue weighted by molar-refractivity contribution is -0.145. The highest BCUT2D eigenvalue weighted by Crippen LogP contribution is 2.66. The van der Waals surface area contributed by atoms with Gasteiger partial charge in [0.2, 0.25) is 17.7 Å². The summed E-state index contributed by atoms with van der Waals surface area (Å²) in [6.07, 6.45) is 6.13. The van der Waals surface area contributed by atoms with E-state index in [9.17, 15) is 19.5 Å². The molecule has 2 bridgehead atoms. The molecule has 0 radical (unpaired) electrons. The Balaban J connectivity index is 1.48. The van der Waals surface area contributed by atoms with E-state index in [0.29, 0.717) is 45.6 Å². The molecule has 7 nitrogen and oxygen atoms in total. The van der Waals surface area contributed by atoms with Gasteiger partial charge >= 0.3 is 0 Å². The number of hydrogen-bond acceptors (Lipinski definition) is 5. The Morgan fingerprint density at radius 3 is 2.05 bits per heavy atom. The molecule has 0 saturated carbocycles. The third kappa shape index (κ3) is 5.66. The van der Waals surface area contributed by atoms with Gasteiger partial charge in [0.15, 0.2) is 0 Å². The van der Waals surface area contributed by atoms with Crippen LogP contribution in [0, 0.1) is 11.8 Å². The predicted molar refractivity (Wildman–Crippen MR) is 166 cm³/mol. The minimum atomic E-state index is -0.660. The molecule has 222 valence electrons. The Kier molecular flexibility index (Phi) is 9.53. The Hall–Kier alpha value is -3.36. The second-order valence-corrected chi connectivity index (χ2v) is 13.1. The van der Waals surface area contributed by atoms with Crippen molar-refractivity contribution in [1.82, 2.24) is 14.7 Å². The fourth-order valence-corrected chi connectivity index (χ4v) is 9.32. The Morgan fingerprint density at radius 1 is 0.929 bits per heavy atom. The summed E-state index contributed by atoms with van der Waals surface area (Å²) in [6, 6.07) is 19.1. The molecule has 2 unspecified atom stereocenters. The van der Waals surface area contributed by atoms with Gasteiger partial charge in [0, 0.05) is 44.6 Å². The van der Waals surface area contributed by atoms with Gasteiger partial charge in [0.05, 0.1) is 16.6 Å². The van der Waals surface area contributed by atoms with E-state index >= 15 is 0 Å². The average Bonchev–Trinajstić information content (AvgIpc) is 3.65. The van der Waals surface area contributed by atoms with Crippen molar-refractivity contribution < 1.29 is 19.5 Å². The summed E-state index contributed by atoms with van der Waals surface area (Å²) in [6.45, 7) is 9.82. The van der Waals surface area contributed by atoms with Crippen LogP contribution in [0.1, 0.15) is 36.8 Å². The minimum Gasteiger partial charge on any atom is -0.396 e. The van der Waals surface area contributed by atoms with Crippen molar-refractivity contribution in [1.29, 1.82) is 0 Å². The van der Waals surface area contributed by atoms with Crippen molar-refractivity contribution in [3.05, 3.63) is 97.1 Å². The first kappa shape index (κ1) is 30.1. The molecule has 8 heteroatoms. The Morgan fingerprint density at radius 2 is 1.50 bits per heavy atom. The van der Waals surface area contributed by atoms with Gasteiger partial charge in [-0.3, -0.25) is 14.4 Å². The highest BCUT2D eigenvalue weighted by Gasteiger charge is 2.74. The molecule has 3 heterocycles. The molecule has 3 fully saturated rings. The van der Waals surface area contributed by atoms with Crippen LogP contribution in [0.5, 0.6) is 0 Å². The van der Waals surface area contributed by atoms with Crippen molar-refractivity contribution in [2.45, 2.75) is 54.8 Å². The number of carbonyl (C=O) groups excluding carboxylic acids is 3. The van der Waals surface area contributed by atoms with Gasteiger partial charge in [0.1, 0.15) is 6.04 Å². The number of nitrogens with zero attached hydrogens (tertiary/aromatic N) is 3. The summed E-state index contributed by atoms with van der Waals surface area (Å²) in [5, 5.41) is 9.46. The lowest BCUT2D eigenvalue weighted by Crippen LogP contribution is -2.54. The first-order chi connectivity index (χ1) is 20.4. The molecule has 1 spiro atoms. The van der Waals surface area contributed by atoms with Crippen LogP contribution in [0.3, 0.4) is 0 Å². The zero-order chi connectivity index (χ0) is 29.7. The molecule has 5 atom stereocenters. The lowest BCUT2D eigenvalue weighted by atomic mass is 9.70. The molecule has 0 aliphatic carbocycles. The number of benzene rings is 2. The normalized spacial score (nSPS) is 25.7. The summed E-state index contributed by atoms with van der Waals surface area (Å²) in [5.74, 6) is -1.27. The summed E-state index contributed by atoms with van der Waals surface area (Å²) >= 11 is 1.69. The molecular formula is C34H41N3O4S. The number of thioether (sulfide) groups is 1. The molecular weight excluding hydrogens is 546 g/mol. The van der Waals surface area contributed by atoms with E-state index in [-0.39, 0.29) is 29.6 Å². The minimum absolute atomic E-state index is 0.00796. The zero-order valence-corrected chi connectivity index (χ0v) is 25.0. The highest BCUT2D eigenvalue weighted by molar-refractivity contribution is 8.02. The number of rotatable bonds is 14. The molecule has 3 saturated heterocycles. The first-order valence-electron chi connectivity index (χ1n) is 14.9. The van der Waals surface area contributed by atoms with Gasteiger partial charge in [0.25, 0.3) is 0 Å². The zero-order valence-electron chi connectivity index (χ0n) is 24.1. The number of carbonyl (C=O) groups is 3. The smallest absolute Gasteiger partial charge is 0.247 e. The van der Waals surface area contributed by atoms with Gasteiger partial charge in [-0.25, -0.2) is 0 Å². The van der Waals surface area contributed by atoms with E-state index in [4.69, 9.17) is 0 Å². The summed E-state index contributed by atoms with van der Waals surface area (Å²) in [7, 11) is 0. The van der Waals surface area contributed by atoms with Crippen LogP contribution in [0.15, 0.2) is 86.0 Å². The molecule has 3 amide bonds. The third-order valence-electron chi connectivity index (χ3n) is 8.88. The van der Waals surface area contributed by atoms with E-state index < -0.39 is 22.6 Å². The van der Waals surface area contributed by atoms with Crippen LogP contribution in [-0.4, -0.2) is 79.8 Å². The molecule has 3 aliphatic heterocycles. The standard InChI is InChI=1S/C34H41N3O4S/c1-3-19-35(23-25-13-7-5-8-14-25)31(39)28-27-17-18-34(42-27)29(28)32(40)37(21-11-12-22-38)30(34)33(41)36(20-4-2)24-26-15-9-6-10-16-26/h3-10,13-16,27-30,38H,1-2,11-12,17-24H2/t27-,28+,29-,30?,34?/m0/s1. The number of aliphatic hydroxyl groups excluding tert-OH is 1. The molecule has 42 heavy (non-hydrogen) atoms. The lowest BCUT2D eigenvalue weighted by Gasteiger charge is -2.37. The van der Waals surface area contributed by atoms with Crippen LogP contribution in [-0.2, 0) is 27.5 Å². The fourth-order valence-electron chi connectivity index (χ4n) is 7.12. The summed E-state index contributed by atoms with van der Waals surface area (Å²) < 4.78 is -0.652. The van der Waals surface area contributed by atoms with Crippen LogP contribution in [0.2, 0.25) is 0 Å². The Bertz CT molecular complexity index is 1290. The van der Waals surface area contributed by atoms with Crippen molar-refractivity contribution in [2.24, 2.45) is 11.8 Å². The molecule has 2 aromatic carbocycles. The van der Waals surface area contributed by atoms with Crippen molar-refractivity contribution >= 4 is 29.5 Å². The van der Waals surface area contributed by atoms with Gasteiger partial charge in [-0.15, -0.1) is 24.9 Å². The van der Waals surface area contributed by atoms with E-state index in [0.717, 1.165) is 24.0 Å². The van der Waals surface area contributed by atoms with Crippen molar-refractivity contribution in [2.75, 3.05) is 26.2 Å². The van der Waals surface area contributed by atoms with E-state index in [1.165, 1.54) is 0 Å². The van der Waals surface area contributed by atoms with E-state index in [1.54, 1.807) is 38.6 Å².